The van der Waals surface area contributed by atoms with Crippen molar-refractivity contribution in [3.05, 3.63) is 91.9 Å². The van der Waals surface area contributed by atoms with E-state index in [9.17, 15) is 9.59 Å². The first kappa shape index (κ1) is 22.4. The summed E-state index contributed by atoms with van der Waals surface area (Å²) in [6.45, 7) is 5.60. The molecule has 4 aromatic heterocycles. The van der Waals surface area contributed by atoms with Gasteiger partial charge in [-0.25, -0.2) is 14.8 Å². The van der Waals surface area contributed by atoms with Gasteiger partial charge in [0.25, 0.3) is 5.56 Å². The minimum absolute atomic E-state index is 0.220. The van der Waals surface area contributed by atoms with E-state index in [4.69, 9.17) is 14.1 Å². The fraction of sp³-hybridized carbons (Fsp3) is 0.214. The van der Waals surface area contributed by atoms with Crippen LogP contribution in [0.3, 0.4) is 0 Å². The first-order valence-corrected chi connectivity index (χ1v) is 12.6. The Kier molecular flexibility index (Phi) is 5.34. The van der Waals surface area contributed by atoms with Gasteiger partial charge in [-0.2, -0.15) is 0 Å². The van der Waals surface area contributed by atoms with Gasteiger partial charge < -0.3 is 14.1 Å². The number of thiophene rings is 1. The van der Waals surface area contributed by atoms with Crippen molar-refractivity contribution in [1.82, 2.24) is 15.0 Å². The lowest BCUT2D eigenvalue weighted by Gasteiger charge is -2.16. The summed E-state index contributed by atoms with van der Waals surface area (Å²) in [7, 11) is 0. The number of fused-ring (bicyclic) bond motifs is 3. The number of para-hydroxylation sites is 1. The molecule has 1 aromatic carbocycles. The second-order valence-electron chi connectivity index (χ2n) is 8.98. The Morgan fingerprint density at radius 1 is 1.17 bits per heavy atom. The van der Waals surface area contributed by atoms with Crippen molar-refractivity contribution in [1.29, 1.82) is 0 Å². The summed E-state index contributed by atoms with van der Waals surface area (Å²) >= 11 is 1.47. The SMILES string of the molecule is Cc1sc2nc([C@@H](C)OC(=O)c3c4c(nc5ccccc35)/C(=C\c3ccco3)CC4)[nH]c(=O)c2c1C. The van der Waals surface area contributed by atoms with Crippen LogP contribution in [0.25, 0.3) is 32.8 Å². The van der Waals surface area contributed by atoms with Gasteiger partial charge in [-0.1, -0.05) is 18.2 Å². The quantitative estimate of drug-likeness (QED) is 0.299. The Labute approximate surface area is 210 Å². The van der Waals surface area contributed by atoms with Crippen molar-refractivity contribution in [2.45, 2.75) is 39.7 Å². The number of carbonyl (C=O) groups excluding carboxylic acids is 1. The van der Waals surface area contributed by atoms with Crippen molar-refractivity contribution < 1.29 is 13.9 Å². The minimum Gasteiger partial charge on any atom is -0.465 e. The minimum atomic E-state index is -0.737. The van der Waals surface area contributed by atoms with Crippen LogP contribution in [0.5, 0.6) is 0 Å². The molecule has 0 amide bonds. The third kappa shape index (κ3) is 3.65. The molecule has 1 atom stereocenters. The fourth-order valence-corrected chi connectivity index (χ4v) is 5.83. The number of furan rings is 1. The van der Waals surface area contributed by atoms with E-state index in [2.05, 4.69) is 9.97 Å². The van der Waals surface area contributed by atoms with Gasteiger partial charge in [0.15, 0.2) is 11.9 Å². The summed E-state index contributed by atoms with van der Waals surface area (Å²) in [5, 5.41) is 1.34. The Balaban J connectivity index is 1.40. The number of nitrogens with one attached hydrogen (secondary N) is 1. The number of allylic oxidation sites excluding steroid dienone is 1. The van der Waals surface area contributed by atoms with Crippen LogP contribution in [0.4, 0.5) is 0 Å². The molecule has 7 nitrogen and oxygen atoms in total. The Morgan fingerprint density at radius 2 is 2.00 bits per heavy atom. The van der Waals surface area contributed by atoms with Gasteiger partial charge in [0, 0.05) is 10.3 Å². The van der Waals surface area contributed by atoms with Crippen LogP contribution < -0.4 is 5.56 Å². The second-order valence-corrected chi connectivity index (χ2v) is 10.2. The maximum absolute atomic E-state index is 13.6. The number of benzene rings is 1. The number of aromatic nitrogens is 3. The predicted octanol–water partition coefficient (Wildman–Crippen LogP) is 6.15. The lowest BCUT2D eigenvalue weighted by Crippen LogP contribution is -2.18. The topological polar surface area (TPSA) is 98.1 Å². The van der Waals surface area contributed by atoms with E-state index in [1.807, 2.05) is 56.3 Å². The lowest BCUT2D eigenvalue weighted by atomic mass is 10.0. The largest absolute Gasteiger partial charge is 0.465 e. The molecule has 6 rings (SSSR count). The average Bonchev–Trinajstić information content (AvgIpc) is 3.58. The van der Waals surface area contributed by atoms with Crippen LogP contribution in [-0.2, 0) is 11.2 Å². The van der Waals surface area contributed by atoms with Crippen LogP contribution in [0.1, 0.15) is 63.1 Å². The Morgan fingerprint density at radius 3 is 2.81 bits per heavy atom. The first-order valence-electron chi connectivity index (χ1n) is 11.8. The molecule has 36 heavy (non-hydrogen) atoms. The summed E-state index contributed by atoms with van der Waals surface area (Å²) in [5.74, 6) is 0.614. The zero-order valence-electron chi connectivity index (χ0n) is 20.0. The number of H-pyrrole nitrogens is 1. The molecule has 0 fully saturated rings. The second kappa shape index (κ2) is 8.57. The van der Waals surface area contributed by atoms with Crippen LogP contribution >= 0.6 is 11.3 Å². The molecule has 5 aromatic rings. The van der Waals surface area contributed by atoms with Crippen molar-refractivity contribution in [3.63, 3.8) is 0 Å². The Hall–Kier alpha value is -4.04. The Bertz CT molecular complexity index is 1740. The van der Waals surface area contributed by atoms with Crippen LogP contribution in [-0.4, -0.2) is 20.9 Å². The van der Waals surface area contributed by atoms with Gasteiger partial charge in [0.05, 0.1) is 28.4 Å². The molecular formula is C28H23N3O4S. The first-order chi connectivity index (χ1) is 17.4. The normalized spacial score (nSPS) is 15.0. The number of carbonyl (C=O) groups is 1. The highest BCUT2D eigenvalue weighted by molar-refractivity contribution is 7.18. The third-order valence-corrected chi connectivity index (χ3v) is 7.83. The molecule has 4 heterocycles. The molecule has 0 aliphatic heterocycles. The van der Waals surface area contributed by atoms with Crippen molar-refractivity contribution in [2.75, 3.05) is 0 Å². The van der Waals surface area contributed by atoms with E-state index in [-0.39, 0.29) is 5.56 Å². The maximum atomic E-state index is 13.6. The summed E-state index contributed by atoms with van der Waals surface area (Å²) < 4.78 is 11.4. The number of rotatable bonds is 4. The summed E-state index contributed by atoms with van der Waals surface area (Å²) in [4.78, 5) is 40.4. The molecule has 1 N–H and O–H groups in total. The number of esters is 1. The molecule has 8 heteroatoms. The van der Waals surface area contributed by atoms with Gasteiger partial charge in [0.2, 0.25) is 0 Å². The average molecular weight is 498 g/mol. The number of aromatic amines is 1. The number of ether oxygens (including phenoxy) is 1. The maximum Gasteiger partial charge on any atom is 0.339 e. The lowest BCUT2D eigenvalue weighted by molar-refractivity contribution is 0.0321. The van der Waals surface area contributed by atoms with E-state index < -0.39 is 12.1 Å². The molecule has 0 saturated carbocycles. The highest BCUT2D eigenvalue weighted by Crippen LogP contribution is 2.38. The zero-order chi connectivity index (χ0) is 25.0. The molecular weight excluding hydrogens is 474 g/mol. The van der Waals surface area contributed by atoms with Crippen LogP contribution in [0.2, 0.25) is 0 Å². The predicted molar refractivity (Wildman–Crippen MR) is 140 cm³/mol. The molecule has 0 spiro atoms. The number of hydrogen-bond donors (Lipinski definition) is 1. The smallest absolute Gasteiger partial charge is 0.339 e. The molecule has 0 unspecified atom stereocenters. The van der Waals surface area contributed by atoms with Crippen LogP contribution in [0.15, 0.2) is 51.9 Å². The molecule has 0 saturated heterocycles. The van der Waals surface area contributed by atoms with Crippen molar-refractivity contribution in [3.8, 4) is 0 Å². The number of hydrogen-bond acceptors (Lipinski definition) is 7. The number of nitrogens with zero attached hydrogens (tertiary/aromatic N) is 2. The summed E-state index contributed by atoms with van der Waals surface area (Å²) in [6, 6.07) is 11.3. The van der Waals surface area contributed by atoms with Crippen LogP contribution in [0, 0.1) is 13.8 Å². The molecule has 0 bridgehead atoms. The number of aryl methyl sites for hydroxylation is 2. The van der Waals surface area contributed by atoms with E-state index in [0.717, 1.165) is 50.4 Å². The standard InChI is InChI=1S/C28H23N3O4S/c1-14-16(3)36-27-22(14)26(32)30-25(31-27)15(2)35-28(33)23-19-8-4-5-9-21(19)29-24-17(10-11-20(23)24)13-18-7-6-12-34-18/h4-9,12-13,15H,10-11H2,1-3H3,(H,30,31,32)/b17-13-/t15-/m1/s1. The van der Waals surface area contributed by atoms with E-state index in [0.29, 0.717) is 28.0 Å². The van der Waals surface area contributed by atoms with E-state index in [1.54, 1.807) is 13.2 Å². The molecule has 0 radical (unpaired) electrons. The third-order valence-electron chi connectivity index (χ3n) is 6.73. The van der Waals surface area contributed by atoms with Crippen molar-refractivity contribution >= 4 is 50.1 Å². The summed E-state index contributed by atoms with van der Waals surface area (Å²) in [6.07, 6.45) is 4.29. The highest BCUT2D eigenvalue weighted by atomic mass is 32.1. The monoisotopic (exact) mass is 497 g/mol. The summed E-state index contributed by atoms with van der Waals surface area (Å²) in [5.41, 5.74) is 4.62. The molecule has 1 aliphatic rings. The van der Waals surface area contributed by atoms with Gasteiger partial charge in [-0.15, -0.1) is 11.3 Å². The van der Waals surface area contributed by atoms with Crippen molar-refractivity contribution in [2.24, 2.45) is 0 Å². The zero-order valence-corrected chi connectivity index (χ0v) is 20.9. The van der Waals surface area contributed by atoms with E-state index >= 15 is 0 Å². The molecule has 180 valence electrons. The highest BCUT2D eigenvalue weighted by Gasteiger charge is 2.29. The van der Waals surface area contributed by atoms with Gasteiger partial charge >= 0.3 is 5.97 Å². The van der Waals surface area contributed by atoms with Gasteiger partial charge in [0.1, 0.15) is 10.6 Å². The van der Waals surface area contributed by atoms with Gasteiger partial charge in [-0.3, -0.25) is 4.79 Å². The van der Waals surface area contributed by atoms with E-state index in [1.165, 1.54) is 11.3 Å². The number of pyridine rings is 1. The molecule has 1 aliphatic carbocycles. The van der Waals surface area contributed by atoms with Gasteiger partial charge in [-0.05, 0) is 74.6 Å². The fourth-order valence-electron chi connectivity index (χ4n) is 4.80.